The molecular weight excluding hydrogens is 333 g/mol. The smallest absolute Gasteiger partial charge is 0.337 e. The molecule has 0 atom stereocenters. The van der Waals surface area contributed by atoms with E-state index in [2.05, 4.69) is 4.98 Å². The molecule has 26 heavy (non-hydrogen) atoms. The number of carbonyl (C=O) groups excluding carboxylic acids is 1. The van der Waals surface area contributed by atoms with Gasteiger partial charge in [-0.15, -0.1) is 0 Å². The number of methoxy groups -OCH3 is 1. The van der Waals surface area contributed by atoms with Gasteiger partial charge in [0.2, 0.25) is 0 Å². The number of benzene rings is 2. The van der Waals surface area contributed by atoms with Gasteiger partial charge in [0, 0.05) is 12.2 Å². The molecule has 4 rings (SSSR count). The second-order valence-electron chi connectivity index (χ2n) is 6.36. The van der Waals surface area contributed by atoms with E-state index in [0.29, 0.717) is 22.4 Å². The molecule has 0 aliphatic carbocycles. The molecule has 3 aromatic rings. The Bertz CT molecular complexity index is 1020. The molecule has 2 heterocycles. The van der Waals surface area contributed by atoms with Crippen LogP contribution in [0.1, 0.15) is 28.0 Å². The zero-order chi connectivity index (χ0) is 18.3. The van der Waals surface area contributed by atoms with Gasteiger partial charge in [0.15, 0.2) is 5.82 Å². The third-order valence-electron chi connectivity index (χ3n) is 4.66. The minimum atomic E-state index is -0.416. The van der Waals surface area contributed by atoms with Crippen molar-refractivity contribution in [3.05, 3.63) is 59.0 Å². The number of fused-ring (bicyclic) bond motifs is 2. The fourth-order valence-electron chi connectivity index (χ4n) is 3.40. The number of anilines is 2. The number of halogens is 1. The van der Waals surface area contributed by atoms with Crippen molar-refractivity contribution in [2.24, 2.45) is 0 Å². The van der Waals surface area contributed by atoms with E-state index in [1.807, 2.05) is 17.9 Å². The van der Waals surface area contributed by atoms with Crippen molar-refractivity contribution >= 4 is 28.5 Å². The van der Waals surface area contributed by atoms with E-state index in [1.54, 1.807) is 24.3 Å². The normalized spacial score (nSPS) is 13.6. The van der Waals surface area contributed by atoms with Crippen molar-refractivity contribution in [3.63, 3.8) is 0 Å². The molecule has 0 spiro atoms. The van der Waals surface area contributed by atoms with Gasteiger partial charge in [0.25, 0.3) is 0 Å². The Morgan fingerprint density at radius 1 is 1.15 bits per heavy atom. The summed E-state index contributed by atoms with van der Waals surface area (Å²) < 4.78 is 18.6. The Labute approximate surface area is 150 Å². The maximum atomic E-state index is 13.8. The van der Waals surface area contributed by atoms with Gasteiger partial charge in [0.05, 0.1) is 29.4 Å². The van der Waals surface area contributed by atoms with Crippen molar-refractivity contribution in [1.82, 2.24) is 9.97 Å². The molecule has 1 aliphatic rings. The van der Waals surface area contributed by atoms with Crippen molar-refractivity contribution in [3.8, 4) is 0 Å². The van der Waals surface area contributed by atoms with Gasteiger partial charge in [-0.3, -0.25) is 0 Å². The molecule has 1 aromatic heterocycles. The molecule has 6 heteroatoms. The number of rotatable bonds is 2. The summed E-state index contributed by atoms with van der Waals surface area (Å²) in [5.74, 6) is 0.00214. The van der Waals surface area contributed by atoms with Crippen LogP contribution in [0.3, 0.4) is 0 Å². The Morgan fingerprint density at radius 3 is 2.81 bits per heavy atom. The fourth-order valence-corrected chi connectivity index (χ4v) is 3.40. The number of hydrogen-bond acceptors (Lipinski definition) is 5. The molecule has 1 aliphatic heterocycles. The van der Waals surface area contributed by atoms with Gasteiger partial charge in [-0.2, -0.15) is 0 Å². The minimum Gasteiger partial charge on any atom is -0.465 e. The number of hydrogen-bond donors (Lipinski definition) is 0. The predicted octanol–water partition coefficient (Wildman–Crippen LogP) is 3.95. The van der Waals surface area contributed by atoms with Gasteiger partial charge in [-0.05, 0) is 55.7 Å². The van der Waals surface area contributed by atoms with E-state index in [-0.39, 0.29) is 5.82 Å². The van der Waals surface area contributed by atoms with E-state index in [9.17, 15) is 9.18 Å². The Hall–Kier alpha value is -3.02. The van der Waals surface area contributed by atoms with E-state index in [0.717, 1.165) is 36.3 Å². The first kappa shape index (κ1) is 16.4. The van der Waals surface area contributed by atoms with E-state index in [4.69, 9.17) is 9.72 Å². The minimum absolute atomic E-state index is 0.268. The number of nitrogens with zero attached hydrogens (tertiary/aromatic N) is 3. The Kier molecular flexibility index (Phi) is 4.03. The lowest BCUT2D eigenvalue weighted by Gasteiger charge is -2.31. The van der Waals surface area contributed by atoms with Gasteiger partial charge < -0.3 is 9.64 Å². The predicted molar refractivity (Wildman–Crippen MR) is 97.3 cm³/mol. The highest BCUT2D eigenvalue weighted by Gasteiger charge is 2.22. The lowest BCUT2D eigenvalue weighted by Crippen LogP contribution is -2.26. The van der Waals surface area contributed by atoms with Crippen molar-refractivity contribution in [2.45, 2.75) is 19.8 Å². The molecule has 0 radical (unpaired) electrons. The summed E-state index contributed by atoms with van der Waals surface area (Å²) in [5, 5.41) is 0. The maximum absolute atomic E-state index is 13.8. The van der Waals surface area contributed by atoms with Crippen LogP contribution in [0.5, 0.6) is 0 Å². The molecule has 0 amide bonds. The van der Waals surface area contributed by atoms with Crippen LogP contribution in [0.15, 0.2) is 36.4 Å². The molecule has 2 aromatic carbocycles. The van der Waals surface area contributed by atoms with Crippen LogP contribution in [0.25, 0.3) is 11.0 Å². The molecular formula is C20H18FN3O2. The largest absolute Gasteiger partial charge is 0.465 e. The third-order valence-corrected chi connectivity index (χ3v) is 4.66. The average Bonchev–Trinajstić information content (AvgIpc) is 2.66. The zero-order valence-corrected chi connectivity index (χ0v) is 14.6. The molecule has 0 saturated heterocycles. The van der Waals surface area contributed by atoms with Gasteiger partial charge in [-0.1, -0.05) is 6.07 Å². The first-order valence-corrected chi connectivity index (χ1v) is 8.49. The van der Waals surface area contributed by atoms with Crippen LogP contribution in [0.4, 0.5) is 15.9 Å². The van der Waals surface area contributed by atoms with Crippen LogP contribution < -0.4 is 4.90 Å². The summed E-state index contributed by atoms with van der Waals surface area (Å²) in [6.07, 6.45) is 1.87. The van der Waals surface area contributed by atoms with E-state index >= 15 is 0 Å². The van der Waals surface area contributed by atoms with Crippen LogP contribution >= 0.6 is 0 Å². The summed E-state index contributed by atoms with van der Waals surface area (Å²) in [4.78, 5) is 23.2. The van der Waals surface area contributed by atoms with Crippen LogP contribution in [0, 0.1) is 12.7 Å². The van der Waals surface area contributed by atoms with Gasteiger partial charge in [0.1, 0.15) is 5.82 Å². The highest BCUT2D eigenvalue weighted by molar-refractivity contribution is 5.93. The standard InChI is InChI=1S/C20H18FN3O2/c1-12-19(24-9-3-4-13-5-7-15(21)11-18(13)24)23-17-10-14(20(25)26-2)6-8-16(17)22-12/h5-8,10-11H,3-4,9H2,1-2H3. The maximum Gasteiger partial charge on any atom is 0.337 e. The molecule has 0 fully saturated rings. The first-order chi connectivity index (χ1) is 12.6. The van der Waals surface area contributed by atoms with Crippen molar-refractivity contribution in [2.75, 3.05) is 18.6 Å². The van der Waals surface area contributed by atoms with Crippen molar-refractivity contribution in [1.29, 1.82) is 0 Å². The summed E-state index contributed by atoms with van der Waals surface area (Å²) in [6.45, 7) is 2.64. The molecule has 0 unspecified atom stereocenters. The number of ether oxygens (including phenoxy) is 1. The first-order valence-electron chi connectivity index (χ1n) is 8.49. The van der Waals surface area contributed by atoms with Crippen LogP contribution in [-0.4, -0.2) is 29.6 Å². The second-order valence-corrected chi connectivity index (χ2v) is 6.36. The molecule has 5 nitrogen and oxygen atoms in total. The van der Waals surface area contributed by atoms with E-state index < -0.39 is 5.97 Å². The Morgan fingerprint density at radius 2 is 2.00 bits per heavy atom. The molecule has 0 N–H and O–H groups in total. The van der Waals surface area contributed by atoms with Gasteiger partial charge >= 0.3 is 5.97 Å². The topological polar surface area (TPSA) is 55.3 Å². The molecule has 132 valence electrons. The fraction of sp³-hybridized carbons (Fsp3) is 0.250. The summed E-state index contributed by atoms with van der Waals surface area (Å²) in [5.41, 5.74) is 4.43. The molecule has 0 saturated carbocycles. The molecule has 0 bridgehead atoms. The summed E-state index contributed by atoms with van der Waals surface area (Å²) >= 11 is 0. The summed E-state index contributed by atoms with van der Waals surface area (Å²) in [6, 6.07) is 9.97. The zero-order valence-electron chi connectivity index (χ0n) is 14.6. The van der Waals surface area contributed by atoms with Crippen LogP contribution in [0.2, 0.25) is 0 Å². The average molecular weight is 351 g/mol. The van der Waals surface area contributed by atoms with Crippen LogP contribution in [-0.2, 0) is 11.2 Å². The SMILES string of the molecule is COC(=O)c1ccc2nc(C)c(N3CCCc4ccc(F)cc43)nc2c1. The summed E-state index contributed by atoms with van der Waals surface area (Å²) in [7, 11) is 1.35. The Balaban J connectivity index is 1.86. The van der Waals surface area contributed by atoms with Gasteiger partial charge in [-0.25, -0.2) is 19.2 Å². The third kappa shape index (κ3) is 2.77. The monoisotopic (exact) mass is 351 g/mol. The number of aryl methyl sites for hydroxylation is 2. The quantitative estimate of drug-likeness (QED) is 0.655. The van der Waals surface area contributed by atoms with E-state index in [1.165, 1.54) is 13.2 Å². The lowest BCUT2D eigenvalue weighted by molar-refractivity contribution is 0.0601. The number of aromatic nitrogens is 2. The number of carbonyl (C=O) groups is 1. The highest BCUT2D eigenvalue weighted by Crippen LogP contribution is 2.35. The second kappa shape index (κ2) is 6.37. The lowest BCUT2D eigenvalue weighted by atomic mass is 10.0. The highest BCUT2D eigenvalue weighted by atomic mass is 19.1. The number of esters is 1. The van der Waals surface area contributed by atoms with Crippen molar-refractivity contribution < 1.29 is 13.9 Å².